The Kier molecular flexibility index (Phi) is 7.58. The van der Waals surface area contributed by atoms with Gasteiger partial charge in [-0.1, -0.05) is 36.7 Å². The van der Waals surface area contributed by atoms with Crippen molar-refractivity contribution in [1.29, 1.82) is 0 Å². The lowest BCUT2D eigenvalue weighted by molar-refractivity contribution is -0.116. The summed E-state index contributed by atoms with van der Waals surface area (Å²) >= 11 is 3.37. The number of nitrogens with zero attached hydrogens (tertiary/aromatic N) is 3. The van der Waals surface area contributed by atoms with Crippen LogP contribution in [-0.4, -0.2) is 46.7 Å². The predicted octanol–water partition coefficient (Wildman–Crippen LogP) is 5.04. The van der Waals surface area contributed by atoms with Crippen LogP contribution in [0.25, 0.3) is 5.69 Å². The number of benzene rings is 2. The summed E-state index contributed by atoms with van der Waals surface area (Å²) < 4.78 is 7.83. The van der Waals surface area contributed by atoms with Gasteiger partial charge in [0.25, 0.3) is 5.91 Å². The van der Waals surface area contributed by atoms with E-state index in [1.807, 2.05) is 49.4 Å². The van der Waals surface area contributed by atoms with Crippen LogP contribution < -0.4 is 10.1 Å². The fourth-order valence-electron chi connectivity index (χ4n) is 3.21. The Morgan fingerprint density at radius 2 is 1.73 bits per heavy atom. The maximum atomic E-state index is 12.9. The summed E-state index contributed by atoms with van der Waals surface area (Å²) in [6, 6.07) is 16.4. The molecule has 174 valence electrons. The molecule has 0 fully saturated rings. The van der Waals surface area contributed by atoms with Crippen LogP contribution in [0.5, 0.6) is 5.75 Å². The zero-order valence-electron chi connectivity index (χ0n) is 19.6. The Morgan fingerprint density at radius 1 is 1.09 bits per heavy atom. The molecule has 3 rings (SSSR count). The van der Waals surface area contributed by atoms with Crippen molar-refractivity contribution in [3.63, 3.8) is 0 Å². The molecule has 0 aliphatic carbocycles. The van der Waals surface area contributed by atoms with E-state index in [1.54, 1.807) is 23.9 Å². The second kappa shape index (κ2) is 10.2. The van der Waals surface area contributed by atoms with Crippen LogP contribution in [0.4, 0.5) is 5.82 Å². The second-order valence-corrected chi connectivity index (χ2v) is 9.56. The lowest BCUT2D eigenvalue weighted by atomic mass is 9.92. The molecule has 0 saturated heterocycles. The Hall–Kier alpha value is -3.13. The van der Waals surface area contributed by atoms with Crippen molar-refractivity contribution in [2.24, 2.45) is 0 Å². The molecule has 7 nitrogen and oxygen atoms in total. The number of carbonyl (C=O) groups excluding carboxylic acids is 2. The Morgan fingerprint density at radius 3 is 2.27 bits per heavy atom. The lowest BCUT2D eigenvalue weighted by Crippen LogP contribution is -2.38. The second-order valence-electron chi connectivity index (χ2n) is 8.65. The number of hydrogen-bond acceptors (Lipinski definition) is 4. The molecule has 1 heterocycles. The molecule has 8 heteroatoms. The number of likely N-dealkylation sites (N-methyl/N-ethyl adjacent to an activating group) is 1. The van der Waals surface area contributed by atoms with Crippen molar-refractivity contribution >= 4 is 33.6 Å². The number of halogens is 1. The molecule has 33 heavy (non-hydrogen) atoms. The van der Waals surface area contributed by atoms with Gasteiger partial charge in [-0.05, 0) is 55.5 Å². The first-order chi connectivity index (χ1) is 15.6. The minimum Gasteiger partial charge on any atom is -0.497 e. The number of aromatic nitrogens is 2. The van der Waals surface area contributed by atoms with E-state index in [4.69, 9.17) is 9.84 Å². The van der Waals surface area contributed by atoms with E-state index in [-0.39, 0.29) is 23.8 Å². The van der Waals surface area contributed by atoms with Crippen molar-refractivity contribution in [3.05, 3.63) is 70.3 Å². The van der Waals surface area contributed by atoms with Gasteiger partial charge in [0.2, 0.25) is 5.91 Å². The van der Waals surface area contributed by atoms with Gasteiger partial charge in [0, 0.05) is 28.1 Å². The Balaban J connectivity index is 1.83. The summed E-state index contributed by atoms with van der Waals surface area (Å²) in [5, 5.41) is 7.67. The average Bonchev–Trinajstić information content (AvgIpc) is 3.21. The molecule has 0 aliphatic rings. The fourth-order valence-corrected chi connectivity index (χ4v) is 3.48. The summed E-state index contributed by atoms with van der Waals surface area (Å²) in [6.07, 6.45) is 0. The Labute approximate surface area is 202 Å². The minimum atomic E-state index is -0.294. The molecular weight excluding hydrogens is 484 g/mol. The number of hydrogen-bond donors (Lipinski definition) is 1. The van der Waals surface area contributed by atoms with Crippen molar-refractivity contribution in [1.82, 2.24) is 14.7 Å². The average molecular weight is 513 g/mol. The fraction of sp³-hybridized carbons (Fsp3) is 0.320. The lowest BCUT2D eigenvalue weighted by Gasteiger charge is -2.20. The van der Waals surface area contributed by atoms with Gasteiger partial charge in [0.05, 0.1) is 18.5 Å². The van der Waals surface area contributed by atoms with Gasteiger partial charge >= 0.3 is 0 Å². The summed E-state index contributed by atoms with van der Waals surface area (Å²) in [5.74, 6) is 0.788. The van der Waals surface area contributed by atoms with Gasteiger partial charge in [-0.25, -0.2) is 4.68 Å². The number of nitrogens with one attached hydrogen (secondary N) is 1. The van der Waals surface area contributed by atoms with Gasteiger partial charge in [0.15, 0.2) is 0 Å². The minimum absolute atomic E-state index is 0.0654. The van der Waals surface area contributed by atoms with Gasteiger partial charge < -0.3 is 15.0 Å². The topological polar surface area (TPSA) is 76.5 Å². The molecule has 3 aromatic rings. The highest BCUT2D eigenvalue weighted by Gasteiger charge is 2.23. The van der Waals surface area contributed by atoms with Crippen LogP contribution >= 0.6 is 15.9 Å². The molecule has 2 aromatic carbocycles. The summed E-state index contributed by atoms with van der Waals surface area (Å²) in [5.41, 5.74) is 1.96. The molecule has 0 saturated carbocycles. The van der Waals surface area contributed by atoms with E-state index in [0.717, 1.165) is 21.6 Å². The molecule has 0 atom stereocenters. The van der Waals surface area contributed by atoms with E-state index in [1.165, 1.54) is 4.90 Å². The SMILES string of the molecule is CCN(CC(=O)Nc1cc(C(C)(C)C)nn1-c1ccc(OC)cc1)C(=O)c1ccc(Br)cc1. The predicted molar refractivity (Wildman–Crippen MR) is 133 cm³/mol. The quantitative estimate of drug-likeness (QED) is 0.480. The zero-order chi connectivity index (χ0) is 24.2. The third-order valence-corrected chi connectivity index (χ3v) is 5.69. The number of carbonyl (C=O) groups is 2. The first-order valence-electron chi connectivity index (χ1n) is 10.7. The first-order valence-corrected chi connectivity index (χ1v) is 11.5. The van der Waals surface area contributed by atoms with Gasteiger partial charge in [-0.3, -0.25) is 9.59 Å². The van der Waals surface area contributed by atoms with Crippen LogP contribution in [0.3, 0.4) is 0 Å². The highest BCUT2D eigenvalue weighted by Crippen LogP contribution is 2.27. The van der Waals surface area contributed by atoms with Gasteiger partial charge in [-0.2, -0.15) is 5.10 Å². The van der Waals surface area contributed by atoms with Gasteiger partial charge in [-0.15, -0.1) is 0 Å². The third-order valence-electron chi connectivity index (χ3n) is 5.16. The van der Waals surface area contributed by atoms with Crippen LogP contribution in [0, 0.1) is 0 Å². The number of rotatable bonds is 7. The summed E-state index contributed by atoms with van der Waals surface area (Å²) in [4.78, 5) is 27.3. The number of methoxy groups -OCH3 is 1. The molecular formula is C25H29BrN4O3. The van der Waals surface area contributed by atoms with E-state index in [2.05, 4.69) is 42.0 Å². The normalized spacial score (nSPS) is 11.2. The van der Waals surface area contributed by atoms with E-state index >= 15 is 0 Å². The third kappa shape index (κ3) is 6.01. The molecule has 2 amide bonds. The standard InChI is InChI=1S/C25H29BrN4O3/c1-6-29(24(32)17-7-9-18(26)10-8-17)16-23(31)27-22-15-21(25(2,3)4)28-30(22)19-11-13-20(33-5)14-12-19/h7-15H,6,16H2,1-5H3,(H,27,31). The molecule has 1 N–H and O–H groups in total. The Bertz CT molecular complexity index is 1120. The van der Waals surface area contributed by atoms with Crippen LogP contribution in [-0.2, 0) is 10.2 Å². The molecule has 0 radical (unpaired) electrons. The van der Waals surface area contributed by atoms with Crippen molar-refractivity contribution in [2.45, 2.75) is 33.1 Å². The van der Waals surface area contributed by atoms with E-state index in [0.29, 0.717) is 17.9 Å². The molecule has 1 aromatic heterocycles. The maximum Gasteiger partial charge on any atom is 0.254 e. The summed E-state index contributed by atoms with van der Waals surface area (Å²) in [6.45, 7) is 8.39. The molecule has 0 unspecified atom stereocenters. The van der Waals surface area contributed by atoms with Crippen molar-refractivity contribution in [2.75, 3.05) is 25.5 Å². The number of amides is 2. The number of anilines is 1. The highest BCUT2D eigenvalue weighted by molar-refractivity contribution is 9.10. The van der Waals surface area contributed by atoms with Crippen LogP contribution in [0.1, 0.15) is 43.7 Å². The smallest absolute Gasteiger partial charge is 0.254 e. The monoisotopic (exact) mass is 512 g/mol. The highest BCUT2D eigenvalue weighted by atomic mass is 79.9. The molecule has 0 spiro atoms. The van der Waals surface area contributed by atoms with Crippen molar-refractivity contribution in [3.8, 4) is 11.4 Å². The molecule has 0 bridgehead atoms. The zero-order valence-corrected chi connectivity index (χ0v) is 21.1. The van der Waals surface area contributed by atoms with E-state index in [9.17, 15) is 9.59 Å². The maximum absolute atomic E-state index is 12.9. The number of ether oxygens (including phenoxy) is 1. The molecule has 0 aliphatic heterocycles. The summed E-state index contributed by atoms with van der Waals surface area (Å²) in [7, 11) is 1.61. The van der Waals surface area contributed by atoms with Crippen molar-refractivity contribution < 1.29 is 14.3 Å². The van der Waals surface area contributed by atoms with Crippen LogP contribution in [0.2, 0.25) is 0 Å². The first kappa shape index (κ1) is 24.5. The van der Waals surface area contributed by atoms with Crippen LogP contribution in [0.15, 0.2) is 59.1 Å². The van der Waals surface area contributed by atoms with Gasteiger partial charge in [0.1, 0.15) is 18.1 Å². The largest absolute Gasteiger partial charge is 0.497 e. The van der Waals surface area contributed by atoms with E-state index < -0.39 is 0 Å².